The number of hydrogen-bond donors (Lipinski definition) is 2. The Hall–Kier alpha value is -2.89. The molecular weight excluding hydrogens is 294 g/mol. The molecule has 6 heteroatoms. The molecule has 0 aliphatic carbocycles. The number of carbonyl (C=O) groups excluding carboxylic acids is 2. The monoisotopic (exact) mass is 313 g/mol. The van der Waals surface area contributed by atoms with Gasteiger partial charge in [0.15, 0.2) is 0 Å². The van der Waals surface area contributed by atoms with E-state index in [9.17, 15) is 9.59 Å². The summed E-state index contributed by atoms with van der Waals surface area (Å²) in [5.74, 6) is 0.121. The maximum absolute atomic E-state index is 11.8. The number of nitrogens with two attached hydrogens (primary N) is 1. The van der Waals surface area contributed by atoms with E-state index in [2.05, 4.69) is 10.5 Å². The molecule has 0 saturated carbocycles. The Bertz CT molecular complexity index is 711. The van der Waals surface area contributed by atoms with E-state index < -0.39 is 5.91 Å². The normalized spacial score (nSPS) is 10.9. The van der Waals surface area contributed by atoms with Gasteiger partial charge in [-0.2, -0.15) is 0 Å². The first-order valence-electron chi connectivity index (χ1n) is 7.25. The number of aromatic nitrogens is 1. The van der Waals surface area contributed by atoms with Crippen molar-refractivity contribution < 1.29 is 14.1 Å². The van der Waals surface area contributed by atoms with Gasteiger partial charge in [-0.3, -0.25) is 9.59 Å². The fourth-order valence-corrected chi connectivity index (χ4v) is 2.16. The highest BCUT2D eigenvalue weighted by molar-refractivity contribution is 5.94. The molecule has 1 aromatic heterocycles. The lowest BCUT2D eigenvalue weighted by molar-refractivity contribution is -0.116. The standard InChI is InChI=1S/C17H19N3O3/c1-11-15(12(2)23-20-11)9-10-19-16(21)8-5-13-3-6-14(7-4-13)17(18)22/h3-8H,9-10H2,1-2H3,(H2,18,22)(H,19,21). The molecular formula is C17H19N3O3. The number of primary amides is 1. The van der Waals surface area contributed by atoms with Crippen LogP contribution in [0.4, 0.5) is 0 Å². The van der Waals surface area contributed by atoms with Crippen LogP contribution in [0.1, 0.15) is 32.9 Å². The van der Waals surface area contributed by atoms with Gasteiger partial charge in [0.2, 0.25) is 11.8 Å². The summed E-state index contributed by atoms with van der Waals surface area (Å²) in [6.07, 6.45) is 3.80. The molecule has 6 nitrogen and oxygen atoms in total. The summed E-state index contributed by atoms with van der Waals surface area (Å²) in [5.41, 5.74) is 8.30. The van der Waals surface area contributed by atoms with Crippen LogP contribution < -0.4 is 11.1 Å². The third-order valence-electron chi connectivity index (χ3n) is 3.48. The van der Waals surface area contributed by atoms with Crippen molar-refractivity contribution in [3.8, 4) is 0 Å². The van der Waals surface area contributed by atoms with E-state index in [4.69, 9.17) is 10.3 Å². The van der Waals surface area contributed by atoms with Crippen LogP contribution >= 0.6 is 0 Å². The Morgan fingerprint density at radius 1 is 1.26 bits per heavy atom. The van der Waals surface area contributed by atoms with E-state index in [-0.39, 0.29) is 5.91 Å². The second-order valence-electron chi connectivity index (χ2n) is 5.16. The maximum Gasteiger partial charge on any atom is 0.248 e. The summed E-state index contributed by atoms with van der Waals surface area (Å²) in [7, 11) is 0. The van der Waals surface area contributed by atoms with Crippen LogP contribution in [0, 0.1) is 13.8 Å². The summed E-state index contributed by atoms with van der Waals surface area (Å²) in [4.78, 5) is 22.7. The Balaban J connectivity index is 1.83. The minimum absolute atomic E-state index is 0.185. The third-order valence-corrected chi connectivity index (χ3v) is 3.48. The number of rotatable bonds is 6. The summed E-state index contributed by atoms with van der Waals surface area (Å²) >= 11 is 0. The average molecular weight is 313 g/mol. The van der Waals surface area contributed by atoms with Gasteiger partial charge in [-0.05, 0) is 44.0 Å². The maximum atomic E-state index is 11.8. The highest BCUT2D eigenvalue weighted by Gasteiger charge is 2.08. The van der Waals surface area contributed by atoms with E-state index in [1.165, 1.54) is 6.08 Å². The van der Waals surface area contributed by atoms with E-state index in [0.29, 0.717) is 18.5 Å². The molecule has 0 radical (unpaired) electrons. The van der Waals surface area contributed by atoms with Gasteiger partial charge in [-0.1, -0.05) is 17.3 Å². The first-order chi connectivity index (χ1) is 11.0. The Kier molecular flexibility index (Phi) is 5.30. The molecule has 0 atom stereocenters. The zero-order valence-corrected chi connectivity index (χ0v) is 13.1. The van der Waals surface area contributed by atoms with Gasteiger partial charge in [-0.15, -0.1) is 0 Å². The quantitative estimate of drug-likeness (QED) is 0.794. The molecule has 0 spiro atoms. The van der Waals surface area contributed by atoms with Gasteiger partial charge in [0.1, 0.15) is 5.76 Å². The predicted octanol–water partition coefficient (Wildman–Crippen LogP) is 1.76. The zero-order chi connectivity index (χ0) is 16.8. The van der Waals surface area contributed by atoms with Crippen molar-refractivity contribution >= 4 is 17.9 Å². The smallest absolute Gasteiger partial charge is 0.248 e. The first-order valence-corrected chi connectivity index (χ1v) is 7.25. The van der Waals surface area contributed by atoms with Crippen LogP contribution in [0.25, 0.3) is 6.08 Å². The second kappa shape index (κ2) is 7.40. The second-order valence-corrected chi connectivity index (χ2v) is 5.16. The van der Waals surface area contributed by atoms with Crippen LogP contribution in [0.2, 0.25) is 0 Å². The van der Waals surface area contributed by atoms with Crippen LogP contribution in [0.5, 0.6) is 0 Å². The van der Waals surface area contributed by atoms with Crippen LogP contribution in [-0.2, 0) is 11.2 Å². The van der Waals surface area contributed by atoms with Gasteiger partial charge in [0.05, 0.1) is 5.69 Å². The average Bonchev–Trinajstić information content (AvgIpc) is 2.85. The lowest BCUT2D eigenvalue weighted by Gasteiger charge is -2.02. The van der Waals surface area contributed by atoms with E-state index >= 15 is 0 Å². The third kappa shape index (κ3) is 4.54. The van der Waals surface area contributed by atoms with Gasteiger partial charge < -0.3 is 15.6 Å². The minimum atomic E-state index is -0.474. The Morgan fingerprint density at radius 2 is 1.96 bits per heavy atom. The first kappa shape index (κ1) is 16.5. The molecule has 1 heterocycles. The fraction of sp³-hybridized carbons (Fsp3) is 0.235. The molecule has 1 aromatic carbocycles. The summed E-state index contributed by atoms with van der Waals surface area (Å²) in [6, 6.07) is 6.70. The number of amides is 2. The van der Waals surface area contributed by atoms with Gasteiger partial charge in [0.25, 0.3) is 0 Å². The van der Waals surface area contributed by atoms with Crippen LogP contribution in [-0.4, -0.2) is 23.5 Å². The van der Waals surface area contributed by atoms with Crippen molar-refractivity contribution in [2.75, 3.05) is 6.54 Å². The van der Waals surface area contributed by atoms with Crippen LogP contribution in [0.15, 0.2) is 34.9 Å². The molecule has 23 heavy (non-hydrogen) atoms. The molecule has 0 bridgehead atoms. The van der Waals surface area contributed by atoms with Crippen molar-refractivity contribution in [1.29, 1.82) is 0 Å². The molecule has 2 rings (SSSR count). The zero-order valence-electron chi connectivity index (χ0n) is 13.1. The number of nitrogens with zero attached hydrogens (tertiary/aromatic N) is 1. The Morgan fingerprint density at radius 3 is 2.52 bits per heavy atom. The van der Waals surface area contributed by atoms with Crippen molar-refractivity contribution in [3.05, 3.63) is 58.5 Å². The highest BCUT2D eigenvalue weighted by atomic mass is 16.5. The van der Waals surface area contributed by atoms with Crippen molar-refractivity contribution in [2.45, 2.75) is 20.3 Å². The lowest BCUT2D eigenvalue weighted by atomic mass is 10.1. The number of carbonyl (C=O) groups is 2. The minimum Gasteiger partial charge on any atom is -0.366 e. The van der Waals surface area contributed by atoms with Gasteiger partial charge in [0, 0.05) is 23.7 Å². The molecule has 0 fully saturated rings. The summed E-state index contributed by atoms with van der Waals surface area (Å²) < 4.78 is 5.08. The molecule has 120 valence electrons. The molecule has 0 aliphatic heterocycles. The van der Waals surface area contributed by atoms with E-state index in [0.717, 1.165) is 22.6 Å². The van der Waals surface area contributed by atoms with Crippen molar-refractivity contribution in [1.82, 2.24) is 10.5 Å². The number of benzene rings is 1. The topological polar surface area (TPSA) is 98.2 Å². The van der Waals surface area contributed by atoms with Crippen molar-refractivity contribution in [3.63, 3.8) is 0 Å². The number of nitrogens with one attached hydrogen (secondary N) is 1. The summed E-state index contributed by atoms with van der Waals surface area (Å²) in [5, 5.41) is 6.68. The van der Waals surface area contributed by atoms with E-state index in [1.807, 2.05) is 13.8 Å². The SMILES string of the molecule is Cc1noc(C)c1CCNC(=O)C=Cc1ccc(C(N)=O)cc1. The van der Waals surface area contributed by atoms with Crippen molar-refractivity contribution in [2.24, 2.45) is 5.73 Å². The molecule has 0 saturated heterocycles. The number of hydrogen-bond acceptors (Lipinski definition) is 4. The molecule has 2 amide bonds. The summed E-state index contributed by atoms with van der Waals surface area (Å²) in [6.45, 7) is 4.24. The molecule has 3 N–H and O–H groups in total. The fourth-order valence-electron chi connectivity index (χ4n) is 2.16. The Labute approximate surface area is 134 Å². The highest BCUT2D eigenvalue weighted by Crippen LogP contribution is 2.12. The molecule has 0 unspecified atom stereocenters. The molecule has 0 aliphatic rings. The predicted molar refractivity (Wildman–Crippen MR) is 86.7 cm³/mol. The number of aryl methyl sites for hydroxylation is 2. The van der Waals surface area contributed by atoms with Gasteiger partial charge >= 0.3 is 0 Å². The van der Waals surface area contributed by atoms with Crippen LogP contribution in [0.3, 0.4) is 0 Å². The largest absolute Gasteiger partial charge is 0.366 e. The lowest BCUT2D eigenvalue weighted by Crippen LogP contribution is -2.23. The molecule has 2 aromatic rings. The van der Waals surface area contributed by atoms with E-state index in [1.54, 1.807) is 30.3 Å². The van der Waals surface area contributed by atoms with Gasteiger partial charge in [-0.25, -0.2) is 0 Å².